The Morgan fingerprint density at radius 2 is 0.711 bits per heavy atom. The van der Waals surface area contributed by atoms with E-state index in [9.17, 15) is 28.8 Å². The van der Waals surface area contributed by atoms with Gasteiger partial charge >= 0.3 is 0 Å². The predicted octanol–water partition coefficient (Wildman–Crippen LogP) is -0.913. The van der Waals surface area contributed by atoms with Crippen LogP contribution in [-0.4, -0.2) is 73.2 Å². The molecule has 1 heterocycles. The Labute approximate surface area is 257 Å². The van der Waals surface area contributed by atoms with Crippen molar-refractivity contribution < 1.29 is 28.8 Å². The van der Waals surface area contributed by atoms with Crippen molar-refractivity contribution in [3.8, 4) is 0 Å². The lowest BCUT2D eigenvalue weighted by Gasteiger charge is -2.19. The Balaban J connectivity index is 1.67. The number of hydrogen-bond acceptors (Lipinski definition) is 9. The first-order valence-corrected chi connectivity index (χ1v) is 13.9. The highest BCUT2D eigenvalue weighted by molar-refractivity contribution is 6.06. The maximum Gasteiger partial charge on any atom is 0.252 e. The highest BCUT2D eigenvalue weighted by atomic mass is 16.2. The van der Waals surface area contributed by atoms with Crippen LogP contribution in [0.5, 0.6) is 0 Å². The molecule has 1 aliphatic heterocycles. The van der Waals surface area contributed by atoms with Crippen molar-refractivity contribution in [2.24, 2.45) is 17.2 Å². The summed E-state index contributed by atoms with van der Waals surface area (Å²) in [4.78, 5) is 78.0. The van der Waals surface area contributed by atoms with E-state index in [1.807, 2.05) is 0 Å². The molecule has 0 saturated heterocycles. The van der Waals surface area contributed by atoms with Gasteiger partial charge in [0.25, 0.3) is 17.7 Å². The number of hydrogen-bond donors (Lipinski definition) is 9. The van der Waals surface area contributed by atoms with Crippen LogP contribution in [0.1, 0.15) is 31.1 Å². The summed E-state index contributed by atoms with van der Waals surface area (Å²) in [6, 6.07) is 14.3. The Morgan fingerprint density at radius 1 is 0.444 bits per heavy atom. The molecule has 0 aromatic heterocycles. The molecule has 6 bridgehead atoms. The molecule has 0 fully saturated rings. The molecule has 234 valence electrons. The Kier molecular flexibility index (Phi) is 10.5. The number of carbonyl (C=O) groups excluding carboxylic acids is 6. The fourth-order valence-corrected chi connectivity index (χ4v) is 4.32. The van der Waals surface area contributed by atoms with E-state index in [4.69, 9.17) is 17.2 Å². The van der Waals surface area contributed by atoms with Crippen LogP contribution >= 0.6 is 0 Å². The van der Waals surface area contributed by atoms with E-state index in [2.05, 4.69) is 31.9 Å². The minimum absolute atomic E-state index is 0.119. The topological polar surface area (TPSA) is 253 Å². The molecule has 3 aromatic carbocycles. The van der Waals surface area contributed by atoms with E-state index in [1.165, 1.54) is 72.8 Å². The van der Waals surface area contributed by atoms with Gasteiger partial charge in [0.1, 0.15) is 18.1 Å². The molecule has 0 spiro atoms. The third kappa shape index (κ3) is 8.26. The van der Waals surface area contributed by atoms with Crippen molar-refractivity contribution in [2.45, 2.75) is 18.1 Å². The molecule has 15 nitrogen and oxygen atoms in total. The quantitative estimate of drug-likeness (QED) is 0.176. The molecular formula is C30H33N9O6. The van der Waals surface area contributed by atoms with E-state index in [0.717, 1.165) is 0 Å². The third-order valence-electron chi connectivity index (χ3n) is 6.75. The van der Waals surface area contributed by atoms with Crippen molar-refractivity contribution in [1.82, 2.24) is 16.0 Å². The van der Waals surface area contributed by atoms with Crippen molar-refractivity contribution in [3.05, 3.63) is 89.5 Å². The number of carbonyl (C=O) groups is 6. The molecule has 12 N–H and O–H groups in total. The average Bonchev–Trinajstić information content (AvgIpc) is 3.04. The number of anilines is 3. The first kappa shape index (κ1) is 32.3. The Bertz CT molecular complexity index is 1440. The molecular weight excluding hydrogens is 582 g/mol. The van der Waals surface area contributed by atoms with E-state index in [-0.39, 0.29) is 53.4 Å². The summed E-state index contributed by atoms with van der Waals surface area (Å²) in [6.07, 6.45) is 0. The zero-order valence-electron chi connectivity index (χ0n) is 24.0. The summed E-state index contributed by atoms with van der Waals surface area (Å²) in [5, 5.41) is 15.5. The maximum absolute atomic E-state index is 13.0. The Morgan fingerprint density at radius 3 is 0.956 bits per heavy atom. The van der Waals surface area contributed by atoms with Gasteiger partial charge in [-0.25, -0.2) is 0 Å². The fourth-order valence-electron chi connectivity index (χ4n) is 4.32. The highest BCUT2D eigenvalue weighted by Gasteiger charge is 2.25. The second kappa shape index (κ2) is 14.7. The van der Waals surface area contributed by atoms with E-state index < -0.39 is 53.6 Å². The van der Waals surface area contributed by atoms with Crippen molar-refractivity contribution in [3.63, 3.8) is 0 Å². The summed E-state index contributed by atoms with van der Waals surface area (Å²) in [6.45, 7) is -0.746. The fraction of sp³-hybridized carbons (Fsp3) is 0.200. The first-order chi connectivity index (χ1) is 21.6. The third-order valence-corrected chi connectivity index (χ3v) is 6.75. The van der Waals surface area contributed by atoms with E-state index >= 15 is 0 Å². The van der Waals surface area contributed by atoms with Crippen LogP contribution in [0.15, 0.2) is 72.8 Å². The predicted molar refractivity (Wildman–Crippen MR) is 166 cm³/mol. The van der Waals surface area contributed by atoms with Crippen LogP contribution in [0.2, 0.25) is 0 Å². The standard InChI is InChI=1S/C30H33N9O6/c31-13-22-28(43)34-19-7-1-4-16(10-19)25(40)37-23(14-32)29(44)35-20-8-3-6-18(12-20)27(42)39-24(15-33)30(45)36-21-9-2-5-17(11-21)26(41)38-22/h1-12,22-24H,13-15,31-33H2,(H,34,43)(H,35,44)(H,36,45)(H,37,40)(H,38,41)(H,39,42)/t22-,23-,24-/m0/s1. The summed E-state index contributed by atoms with van der Waals surface area (Å²) in [7, 11) is 0. The van der Waals surface area contributed by atoms with Gasteiger partial charge in [-0.2, -0.15) is 0 Å². The molecule has 0 aliphatic carbocycles. The summed E-state index contributed by atoms with van der Waals surface area (Å²) in [5.74, 6) is -3.88. The van der Waals surface area contributed by atoms with Gasteiger partial charge in [-0.15, -0.1) is 0 Å². The van der Waals surface area contributed by atoms with Gasteiger partial charge in [-0.3, -0.25) is 28.8 Å². The highest BCUT2D eigenvalue weighted by Crippen LogP contribution is 2.15. The monoisotopic (exact) mass is 615 g/mol. The molecule has 1 aliphatic rings. The Hall–Kier alpha value is -5.64. The molecule has 6 amide bonds. The normalized spacial score (nSPS) is 19.9. The average molecular weight is 616 g/mol. The number of rotatable bonds is 3. The summed E-state index contributed by atoms with van der Waals surface area (Å²) >= 11 is 0. The number of benzene rings is 3. The summed E-state index contributed by atoms with van der Waals surface area (Å²) < 4.78 is 0. The van der Waals surface area contributed by atoms with Crippen LogP contribution in [-0.2, 0) is 14.4 Å². The molecule has 0 saturated carbocycles. The van der Waals surface area contributed by atoms with Crippen molar-refractivity contribution in [1.29, 1.82) is 0 Å². The second-order valence-electron chi connectivity index (χ2n) is 10.00. The van der Waals surface area contributed by atoms with Crippen LogP contribution in [0, 0.1) is 0 Å². The smallest absolute Gasteiger partial charge is 0.252 e. The van der Waals surface area contributed by atoms with E-state index in [0.29, 0.717) is 0 Å². The van der Waals surface area contributed by atoms with Gasteiger partial charge in [0, 0.05) is 53.4 Å². The molecule has 3 aromatic rings. The minimum atomic E-state index is -1.15. The van der Waals surface area contributed by atoms with Crippen molar-refractivity contribution in [2.75, 3.05) is 35.6 Å². The minimum Gasteiger partial charge on any atom is -0.339 e. The molecule has 15 heteroatoms. The SMILES string of the molecule is NC[C@@H]1NC(=O)c2cccc(c2)NC(=O)[C@H](CN)NC(=O)c2cccc(c2)NC(=O)[C@H](CN)NC(=O)c2cccc(c2)NC1=O. The van der Waals surface area contributed by atoms with Crippen LogP contribution < -0.4 is 49.1 Å². The van der Waals surface area contributed by atoms with Gasteiger partial charge in [-0.1, -0.05) is 18.2 Å². The number of nitrogens with one attached hydrogen (secondary N) is 6. The molecule has 0 unspecified atom stereocenters. The number of amides is 6. The van der Waals surface area contributed by atoms with Crippen LogP contribution in [0.4, 0.5) is 17.1 Å². The van der Waals surface area contributed by atoms with E-state index in [1.54, 1.807) is 0 Å². The first-order valence-electron chi connectivity index (χ1n) is 13.9. The lowest BCUT2D eigenvalue weighted by molar-refractivity contribution is -0.118. The van der Waals surface area contributed by atoms with Gasteiger partial charge in [-0.05, 0) is 54.6 Å². The zero-order valence-corrected chi connectivity index (χ0v) is 24.0. The van der Waals surface area contributed by atoms with Gasteiger partial charge in [0.15, 0.2) is 0 Å². The lowest BCUT2D eigenvalue weighted by atomic mass is 10.1. The van der Waals surface area contributed by atoms with Crippen LogP contribution in [0.25, 0.3) is 0 Å². The zero-order chi connectivity index (χ0) is 32.5. The molecule has 45 heavy (non-hydrogen) atoms. The second-order valence-corrected chi connectivity index (χ2v) is 10.00. The molecule has 3 atom stereocenters. The lowest BCUT2D eigenvalue weighted by Crippen LogP contribution is -2.49. The van der Waals surface area contributed by atoms with Gasteiger partial charge in [0.2, 0.25) is 17.7 Å². The van der Waals surface area contributed by atoms with Crippen LogP contribution in [0.3, 0.4) is 0 Å². The number of fused-ring (bicyclic) bond motifs is 6. The van der Waals surface area contributed by atoms with Crippen molar-refractivity contribution >= 4 is 52.5 Å². The molecule has 4 rings (SSSR count). The summed E-state index contributed by atoms with van der Waals surface area (Å²) in [5.41, 5.74) is 18.4. The van der Waals surface area contributed by atoms with Gasteiger partial charge < -0.3 is 49.1 Å². The largest absolute Gasteiger partial charge is 0.339 e. The van der Waals surface area contributed by atoms with Gasteiger partial charge in [0.05, 0.1) is 0 Å². The molecule has 0 radical (unpaired) electrons. The maximum atomic E-state index is 13.0. The number of nitrogens with two attached hydrogens (primary N) is 3.